The molecule has 3 N–H and O–H groups in total. The molecular weight excluding hydrogens is 208 g/mol. The van der Waals surface area contributed by atoms with Gasteiger partial charge >= 0.3 is 0 Å². The van der Waals surface area contributed by atoms with Crippen LogP contribution in [0.3, 0.4) is 0 Å². The number of amides is 1. The maximum Gasteiger partial charge on any atom is 0.237 e. The third-order valence-corrected chi connectivity index (χ3v) is 3.80. The van der Waals surface area contributed by atoms with E-state index in [1.165, 1.54) is 0 Å². The number of aryl methyl sites for hydroxylation is 1. The van der Waals surface area contributed by atoms with E-state index >= 15 is 0 Å². The molecule has 0 fully saturated rings. The Bertz CT molecular complexity index is 392. The first kappa shape index (κ1) is 10.5. The number of thioether (sulfide) groups is 1. The Labute approximate surface area is 93.4 Å². The fraction of sp³-hybridized carbons (Fsp3) is 0.364. The lowest BCUT2D eigenvalue weighted by atomic mass is 10.2. The van der Waals surface area contributed by atoms with Gasteiger partial charge in [-0.15, -0.1) is 11.8 Å². The fourth-order valence-corrected chi connectivity index (χ4v) is 2.86. The minimum atomic E-state index is -0.0377. The molecule has 15 heavy (non-hydrogen) atoms. The first-order valence-corrected chi connectivity index (χ1v) is 5.87. The summed E-state index contributed by atoms with van der Waals surface area (Å²) in [4.78, 5) is 12.9. The summed E-state index contributed by atoms with van der Waals surface area (Å²) in [5, 5.41) is 2.91. The van der Waals surface area contributed by atoms with E-state index in [-0.39, 0.29) is 11.2 Å². The summed E-state index contributed by atoms with van der Waals surface area (Å²) in [5.74, 6) is 0.0762. The van der Waals surface area contributed by atoms with Crippen molar-refractivity contribution in [1.82, 2.24) is 0 Å². The number of hydrogen-bond acceptors (Lipinski definition) is 3. The molecule has 0 bridgehead atoms. The lowest BCUT2D eigenvalue weighted by molar-refractivity contribution is -0.115. The van der Waals surface area contributed by atoms with Gasteiger partial charge in [0.15, 0.2) is 0 Å². The van der Waals surface area contributed by atoms with E-state index in [4.69, 9.17) is 5.73 Å². The van der Waals surface area contributed by atoms with E-state index < -0.39 is 0 Å². The number of nitrogens with one attached hydrogen (secondary N) is 1. The standard InChI is InChI=1S/C11H14N2OS/c1-7-3-2-4-8-10(7)13-11(14)9(15-8)5-6-12/h2-4,9H,5-6,12H2,1H3,(H,13,14). The van der Waals surface area contributed by atoms with Crippen LogP contribution in [0.1, 0.15) is 12.0 Å². The van der Waals surface area contributed by atoms with E-state index in [0.29, 0.717) is 6.54 Å². The Morgan fingerprint density at radius 2 is 2.33 bits per heavy atom. The summed E-state index contributed by atoms with van der Waals surface area (Å²) in [7, 11) is 0. The van der Waals surface area contributed by atoms with Gasteiger partial charge in [0.05, 0.1) is 10.9 Å². The Balaban J connectivity index is 2.30. The van der Waals surface area contributed by atoms with Gasteiger partial charge in [-0.05, 0) is 31.5 Å². The predicted octanol–water partition coefficient (Wildman–Crippen LogP) is 1.76. The molecule has 2 rings (SSSR count). The van der Waals surface area contributed by atoms with Gasteiger partial charge in [0.25, 0.3) is 0 Å². The molecule has 1 aliphatic rings. The minimum absolute atomic E-state index is 0.0377. The monoisotopic (exact) mass is 222 g/mol. The van der Waals surface area contributed by atoms with Crippen molar-refractivity contribution < 1.29 is 4.79 Å². The Kier molecular flexibility index (Phi) is 2.98. The van der Waals surface area contributed by atoms with E-state index in [2.05, 4.69) is 5.32 Å². The number of carbonyl (C=O) groups is 1. The van der Waals surface area contributed by atoms with Crippen LogP contribution >= 0.6 is 11.8 Å². The second kappa shape index (κ2) is 4.24. The maximum absolute atomic E-state index is 11.7. The Morgan fingerprint density at radius 1 is 1.53 bits per heavy atom. The van der Waals surface area contributed by atoms with Crippen LogP contribution in [0.15, 0.2) is 23.1 Å². The van der Waals surface area contributed by atoms with Crippen molar-refractivity contribution in [2.45, 2.75) is 23.5 Å². The molecule has 1 aliphatic heterocycles. The van der Waals surface area contributed by atoms with E-state index in [1.54, 1.807) is 11.8 Å². The van der Waals surface area contributed by atoms with Gasteiger partial charge in [-0.2, -0.15) is 0 Å². The van der Waals surface area contributed by atoms with Gasteiger partial charge in [-0.25, -0.2) is 0 Å². The van der Waals surface area contributed by atoms with E-state index in [0.717, 1.165) is 22.6 Å². The largest absolute Gasteiger partial charge is 0.330 e. The van der Waals surface area contributed by atoms with Crippen molar-refractivity contribution >= 4 is 23.4 Å². The van der Waals surface area contributed by atoms with Crippen molar-refractivity contribution in [3.63, 3.8) is 0 Å². The number of fused-ring (bicyclic) bond motifs is 1. The van der Waals surface area contributed by atoms with Crippen LogP contribution in [-0.2, 0) is 4.79 Å². The van der Waals surface area contributed by atoms with Crippen molar-refractivity contribution in [3.05, 3.63) is 23.8 Å². The van der Waals surface area contributed by atoms with Gasteiger partial charge in [-0.1, -0.05) is 12.1 Å². The molecule has 1 unspecified atom stereocenters. The van der Waals surface area contributed by atoms with E-state index in [9.17, 15) is 4.79 Å². The number of para-hydroxylation sites is 1. The highest BCUT2D eigenvalue weighted by Gasteiger charge is 2.26. The highest BCUT2D eigenvalue weighted by atomic mass is 32.2. The number of anilines is 1. The van der Waals surface area contributed by atoms with Crippen LogP contribution < -0.4 is 11.1 Å². The smallest absolute Gasteiger partial charge is 0.237 e. The molecule has 1 atom stereocenters. The molecule has 4 heteroatoms. The number of benzene rings is 1. The molecule has 1 amide bonds. The summed E-state index contributed by atoms with van der Waals surface area (Å²) in [5.41, 5.74) is 7.55. The summed E-state index contributed by atoms with van der Waals surface area (Å²) < 4.78 is 0. The zero-order chi connectivity index (χ0) is 10.8. The molecule has 1 aromatic carbocycles. The average Bonchev–Trinajstić information content (AvgIpc) is 2.21. The SMILES string of the molecule is Cc1cccc2c1NC(=O)C(CCN)S2. The van der Waals surface area contributed by atoms with Gasteiger partial charge < -0.3 is 11.1 Å². The topological polar surface area (TPSA) is 55.1 Å². The van der Waals surface area contributed by atoms with Crippen LogP contribution in [0.2, 0.25) is 0 Å². The van der Waals surface area contributed by atoms with Gasteiger partial charge in [0.1, 0.15) is 0 Å². The fourth-order valence-electron chi connectivity index (χ4n) is 1.65. The minimum Gasteiger partial charge on any atom is -0.330 e. The van der Waals surface area contributed by atoms with Gasteiger partial charge in [-0.3, -0.25) is 4.79 Å². The first-order valence-electron chi connectivity index (χ1n) is 4.99. The third-order valence-electron chi connectivity index (χ3n) is 2.47. The molecule has 0 aliphatic carbocycles. The molecule has 3 nitrogen and oxygen atoms in total. The molecule has 0 spiro atoms. The van der Waals surface area contributed by atoms with Crippen molar-refractivity contribution in [1.29, 1.82) is 0 Å². The number of hydrogen-bond donors (Lipinski definition) is 2. The summed E-state index contributed by atoms with van der Waals surface area (Å²) >= 11 is 1.61. The maximum atomic E-state index is 11.7. The molecular formula is C11H14N2OS. The van der Waals surface area contributed by atoms with E-state index in [1.807, 2.05) is 25.1 Å². The first-order chi connectivity index (χ1) is 7.22. The summed E-state index contributed by atoms with van der Waals surface area (Å²) in [6, 6.07) is 6.05. The number of rotatable bonds is 2. The van der Waals surface area contributed by atoms with Crippen LogP contribution in [-0.4, -0.2) is 17.7 Å². The van der Waals surface area contributed by atoms with Crippen LogP contribution in [0.25, 0.3) is 0 Å². The predicted molar refractivity (Wildman–Crippen MR) is 63.1 cm³/mol. The Morgan fingerprint density at radius 3 is 3.07 bits per heavy atom. The number of nitrogens with two attached hydrogens (primary N) is 1. The second-order valence-electron chi connectivity index (χ2n) is 3.62. The normalized spacial score (nSPS) is 19.6. The molecule has 1 heterocycles. The second-order valence-corrected chi connectivity index (χ2v) is 4.87. The van der Waals surface area contributed by atoms with Gasteiger partial charge in [0, 0.05) is 4.90 Å². The molecule has 0 saturated carbocycles. The molecule has 0 saturated heterocycles. The molecule has 0 aromatic heterocycles. The van der Waals surface area contributed by atoms with Crippen molar-refractivity contribution in [2.24, 2.45) is 5.73 Å². The van der Waals surface area contributed by atoms with Crippen LogP contribution in [0.5, 0.6) is 0 Å². The molecule has 80 valence electrons. The highest BCUT2D eigenvalue weighted by molar-refractivity contribution is 8.01. The van der Waals surface area contributed by atoms with Crippen molar-refractivity contribution in [2.75, 3.05) is 11.9 Å². The lowest BCUT2D eigenvalue weighted by Crippen LogP contribution is -2.31. The average molecular weight is 222 g/mol. The van der Waals surface area contributed by atoms with Crippen molar-refractivity contribution in [3.8, 4) is 0 Å². The third kappa shape index (κ3) is 2.01. The highest BCUT2D eigenvalue weighted by Crippen LogP contribution is 2.38. The number of carbonyl (C=O) groups excluding carboxylic acids is 1. The quantitative estimate of drug-likeness (QED) is 0.801. The molecule has 0 radical (unpaired) electrons. The lowest BCUT2D eigenvalue weighted by Gasteiger charge is -2.24. The van der Waals surface area contributed by atoms with Crippen LogP contribution in [0.4, 0.5) is 5.69 Å². The summed E-state index contributed by atoms with van der Waals surface area (Å²) in [6.07, 6.45) is 0.726. The Hall–Kier alpha value is -1.000. The zero-order valence-corrected chi connectivity index (χ0v) is 9.43. The summed E-state index contributed by atoms with van der Waals surface area (Å²) in [6.45, 7) is 2.55. The van der Waals surface area contributed by atoms with Gasteiger partial charge in [0.2, 0.25) is 5.91 Å². The van der Waals surface area contributed by atoms with Crippen LogP contribution in [0, 0.1) is 6.92 Å². The molecule has 1 aromatic rings. The zero-order valence-electron chi connectivity index (χ0n) is 8.62.